The van der Waals surface area contributed by atoms with E-state index in [1.165, 1.54) is 0 Å². The molecule has 0 aliphatic rings. The summed E-state index contributed by atoms with van der Waals surface area (Å²) in [5.41, 5.74) is 0.327. The minimum Gasteiger partial charge on any atom is -0.476 e. The van der Waals surface area contributed by atoms with Gasteiger partial charge in [-0.1, -0.05) is 39.0 Å². The van der Waals surface area contributed by atoms with Gasteiger partial charge >= 0.3 is 0 Å². The summed E-state index contributed by atoms with van der Waals surface area (Å²) in [6, 6.07) is 13.1. The Labute approximate surface area is 113 Å². The van der Waals surface area contributed by atoms with Crippen molar-refractivity contribution >= 4 is 5.78 Å². The van der Waals surface area contributed by atoms with Crippen LogP contribution in [0.1, 0.15) is 32.6 Å². The van der Waals surface area contributed by atoms with Gasteiger partial charge in [-0.15, -0.1) is 0 Å². The predicted octanol–water partition coefficient (Wildman–Crippen LogP) is 3.75. The quantitative estimate of drug-likeness (QED) is 0.906. The van der Waals surface area contributed by atoms with Crippen LogP contribution < -0.4 is 4.74 Å². The Morgan fingerprint density at radius 1 is 1.11 bits per heavy atom. The second-order valence-electron chi connectivity index (χ2n) is 5.55. The highest BCUT2D eigenvalue weighted by Gasteiger charge is 2.33. The van der Waals surface area contributed by atoms with Crippen LogP contribution >= 0.6 is 0 Å². The molecule has 3 heteroatoms. The molecule has 0 spiro atoms. The van der Waals surface area contributed by atoms with Crippen LogP contribution in [0.3, 0.4) is 0 Å². The average molecular weight is 257 g/mol. The average Bonchev–Trinajstić information content (AvgIpc) is 2.89. The highest BCUT2D eigenvalue weighted by atomic mass is 16.5. The summed E-state index contributed by atoms with van der Waals surface area (Å²) in [6.45, 7) is 5.71. The Balaban J connectivity index is 2.28. The summed E-state index contributed by atoms with van der Waals surface area (Å²) in [4.78, 5) is 15.6. The van der Waals surface area contributed by atoms with E-state index in [1.54, 1.807) is 6.20 Å². The summed E-state index contributed by atoms with van der Waals surface area (Å²) in [6.07, 6.45) is 1.20. The normalized spacial score (nSPS) is 13.0. The predicted molar refractivity (Wildman–Crippen MR) is 75.1 cm³/mol. The van der Waals surface area contributed by atoms with Crippen molar-refractivity contribution in [2.24, 2.45) is 5.41 Å². The third-order valence-electron chi connectivity index (χ3n) is 2.88. The number of rotatable bonds is 4. The van der Waals surface area contributed by atoms with Gasteiger partial charge in [0.15, 0.2) is 11.9 Å². The Hall–Kier alpha value is -2.03. The first-order chi connectivity index (χ1) is 8.98. The smallest absolute Gasteiger partial charge is 0.197 e. The molecule has 2 aromatic rings. The number of para-hydroxylation sites is 1. The first kappa shape index (κ1) is 13.4. The Kier molecular flexibility index (Phi) is 3.74. The van der Waals surface area contributed by atoms with Gasteiger partial charge in [0.2, 0.25) is 0 Å². The second-order valence-corrected chi connectivity index (χ2v) is 5.55. The summed E-state index contributed by atoms with van der Waals surface area (Å²) < 4.78 is 5.87. The minimum atomic E-state index is -0.600. The molecule has 0 fully saturated rings. The Morgan fingerprint density at radius 2 is 1.79 bits per heavy atom. The van der Waals surface area contributed by atoms with Crippen molar-refractivity contribution in [3.63, 3.8) is 0 Å². The Bertz CT molecular complexity index is 524. The molecule has 1 aromatic carbocycles. The lowest BCUT2D eigenvalue weighted by atomic mass is 9.86. The van der Waals surface area contributed by atoms with Gasteiger partial charge in [-0.3, -0.25) is 4.79 Å². The molecule has 0 radical (unpaired) electrons. The summed E-state index contributed by atoms with van der Waals surface area (Å²) in [5.74, 6) is 0.749. The molecule has 1 N–H and O–H groups in total. The van der Waals surface area contributed by atoms with Crippen molar-refractivity contribution in [1.29, 1.82) is 0 Å². The van der Waals surface area contributed by atoms with Crippen molar-refractivity contribution in [2.45, 2.75) is 26.9 Å². The zero-order chi connectivity index (χ0) is 13.9. The third kappa shape index (κ3) is 3.25. The molecule has 0 saturated carbocycles. The largest absolute Gasteiger partial charge is 0.476 e. The molecule has 100 valence electrons. The van der Waals surface area contributed by atoms with E-state index in [1.807, 2.05) is 63.2 Å². The van der Waals surface area contributed by atoms with Crippen molar-refractivity contribution in [1.82, 2.24) is 4.98 Å². The summed E-state index contributed by atoms with van der Waals surface area (Å²) in [5, 5.41) is 0. The zero-order valence-electron chi connectivity index (χ0n) is 11.5. The van der Waals surface area contributed by atoms with E-state index in [2.05, 4.69) is 4.98 Å². The fourth-order valence-electron chi connectivity index (χ4n) is 1.79. The standard InChI is InChI=1S/C16H19NO2/c1-16(2,3)15(18)14(13-10-7-11-17-13)19-12-8-5-4-6-9-12/h4-11,14,17H,1-3H3. The molecule has 0 aliphatic carbocycles. The number of carbonyl (C=O) groups is 1. The zero-order valence-corrected chi connectivity index (χ0v) is 11.5. The van der Waals surface area contributed by atoms with Crippen LogP contribution in [0.4, 0.5) is 0 Å². The number of Topliss-reactive ketones (excluding diaryl/α,β-unsaturated/α-hetero) is 1. The molecule has 1 atom stereocenters. The fourth-order valence-corrected chi connectivity index (χ4v) is 1.79. The van der Waals surface area contributed by atoms with Crippen LogP contribution in [0.5, 0.6) is 5.75 Å². The van der Waals surface area contributed by atoms with E-state index in [9.17, 15) is 4.79 Å². The van der Waals surface area contributed by atoms with Crippen LogP contribution in [0, 0.1) is 5.41 Å². The van der Waals surface area contributed by atoms with E-state index in [0.29, 0.717) is 5.75 Å². The molecule has 1 aromatic heterocycles. The maximum Gasteiger partial charge on any atom is 0.197 e. The number of nitrogens with one attached hydrogen (secondary N) is 1. The van der Waals surface area contributed by atoms with Crippen LogP contribution in [0.25, 0.3) is 0 Å². The summed E-state index contributed by atoms with van der Waals surface area (Å²) in [7, 11) is 0. The topological polar surface area (TPSA) is 42.1 Å². The maximum absolute atomic E-state index is 12.5. The van der Waals surface area contributed by atoms with Crippen LogP contribution in [0.2, 0.25) is 0 Å². The first-order valence-electron chi connectivity index (χ1n) is 6.38. The lowest BCUT2D eigenvalue weighted by molar-refractivity contribution is -0.134. The highest BCUT2D eigenvalue weighted by molar-refractivity contribution is 5.88. The SMILES string of the molecule is CC(C)(C)C(=O)C(Oc1ccccc1)c1ccc[nH]1. The van der Waals surface area contributed by atoms with Gasteiger partial charge in [0, 0.05) is 11.6 Å². The van der Waals surface area contributed by atoms with E-state index >= 15 is 0 Å². The van der Waals surface area contributed by atoms with Gasteiger partial charge in [0.25, 0.3) is 0 Å². The number of carbonyl (C=O) groups excluding carboxylic acids is 1. The summed E-state index contributed by atoms with van der Waals surface area (Å²) >= 11 is 0. The number of ether oxygens (including phenoxy) is 1. The number of benzene rings is 1. The van der Waals surface area contributed by atoms with Gasteiger partial charge in [-0.2, -0.15) is 0 Å². The number of aromatic nitrogens is 1. The van der Waals surface area contributed by atoms with Gasteiger partial charge < -0.3 is 9.72 Å². The number of H-pyrrole nitrogens is 1. The fraction of sp³-hybridized carbons (Fsp3) is 0.312. The number of hydrogen-bond donors (Lipinski definition) is 1. The van der Waals surface area contributed by atoms with Crippen LogP contribution in [-0.2, 0) is 4.79 Å². The molecular weight excluding hydrogens is 238 g/mol. The number of hydrogen-bond acceptors (Lipinski definition) is 2. The molecule has 0 amide bonds. The molecule has 0 saturated heterocycles. The number of aromatic amines is 1. The van der Waals surface area contributed by atoms with Crippen molar-refractivity contribution in [2.75, 3.05) is 0 Å². The monoisotopic (exact) mass is 257 g/mol. The van der Waals surface area contributed by atoms with E-state index in [4.69, 9.17) is 4.74 Å². The molecular formula is C16H19NO2. The van der Waals surface area contributed by atoms with E-state index in [0.717, 1.165) is 5.69 Å². The van der Waals surface area contributed by atoms with Gasteiger partial charge in [-0.05, 0) is 24.3 Å². The molecule has 19 heavy (non-hydrogen) atoms. The molecule has 2 rings (SSSR count). The maximum atomic E-state index is 12.5. The first-order valence-corrected chi connectivity index (χ1v) is 6.38. The van der Waals surface area contributed by atoms with Crippen LogP contribution in [-0.4, -0.2) is 10.8 Å². The molecule has 0 aliphatic heterocycles. The minimum absolute atomic E-state index is 0.0544. The molecule has 1 unspecified atom stereocenters. The van der Waals surface area contributed by atoms with Gasteiger partial charge in [0.05, 0.1) is 5.69 Å². The lowest BCUT2D eigenvalue weighted by Crippen LogP contribution is -2.30. The molecule has 3 nitrogen and oxygen atoms in total. The van der Waals surface area contributed by atoms with E-state index in [-0.39, 0.29) is 5.78 Å². The van der Waals surface area contributed by atoms with Gasteiger partial charge in [-0.25, -0.2) is 0 Å². The Morgan fingerprint density at radius 3 is 2.32 bits per heavy atom. The highest BCUT2D eigenvalue weighted by Crippen LogP contribution is 2.29. The van der Waals surface area contributed by atoms with Crippen molar-refractivity contribution in [3.8, 4) is 5.75 Å². The number of ketones is 1. The van der Waals surface area contributed by atoms with Crippen molar-refractivity contribution < 1.29 is 9.53 Å². The molecule has 1 heterocycles. The second kappa shape index (κ2) is 5.31. The van der Waals surface area contributed by atoms with Crippen molar-refractivity contribution in [3.05, 3.63) is 54.4 Å². The van der Waals surface area contributed by atoms with E-state index < -0.39 is 11.5 Å². The van der Waals surface area contributed by atoms with Gasteiger partial charge in [0.1, 0.15) is 5.75 Å². The third-order valence-corrected chi connectivity index (χ3v) is 2.88. The molecule has 0 bridgehead atoms. The van der Waals surface area contributed by atoms with Crippen LogP contribution in [0.15, 0.2) is 48.7 Å². The lowest BCUT2D eigenvalue weighted by Gasteiger charge is -2.24.